The van der Waals surface area contributed by atoms with E-state index >= 15 is 0 Å². The maximum Gasteiger partial charge on any atom is 0.251 e. The molecule has 0 bridgehead atoms. The van der Waals surface area contributed by atoms with Crippen molar-refractivity contribution in [3.63, 3.8) is 0 Å². The minimum absolute atomic E-state index is 0.104. The number of carbonyl (C=O) groups excluding carboxylic acids is 1. The molecule has 0 unspecified atom stereocenters. The van der Waals surface area contributed by atoms with E-state index in [1.165, 1.54) is 0 Å². The lowest BCUT2D eigenvalue weighted by Crippen LogP contribution is -2.40. The first-order chi connectivity index (χ1) is 9.98. The predicted molar refractivity (Wildman–Crippen MR) is 82.7 cm³/mol. The Labute approximate surface area is 126 Å². The molecule has 1 atom stereocenters. The van der Waals surface area contributed by atoms with Crippen LogP contribution in [0.2, 0.25) is 0 Å². The molecular formula is C17H23NO3. The second-order valence-electron chi connectivity index (χ2n) is 5.86. The summed E-state index contributed by atoms with van der Waals surface area (Å²) in [6, 6.07) is 7.18. The third-order valence-corrected chi connectivity index (χ3v) is 3.50. The van der Waals surface area contributed by atoms with Gasteiger partial charge in [0.15, 0.2) is 0 Å². The molecule has 1 fully saturated rings. The van der Waals surface area contributed by atoms with Crippen LogP contribution in [-0.2, 0) is 4.74 Å². The van der Waals surface area contributed by atoms with E-state index in [9.17, 15) is 4.79 Å². The zero-order valence-electron chi connectivity index (χ0n) is 12.8. The summed E-state index contributed by atoms with van der Waals surface area (Å²) in [5.74, 6) is 0.571. The van der Waals surface area contributed by atoms with Gasteiger partial charge in [-0.1, -0.05) is 12.6 Å². The van der Waals surface area contributed by atoms with Crippen molar-refractivity contribution in [3.05, 3.63) is 42.0 Å². The van der Waals surface area contributed by atoms with E-state index in [0.29, 0.717) is 24.5 Å². The van der Waals surface area contributed by atoms with E-state index in [-0.39, 0.29) is 11.5 Å². The van der Waals surface area contributed by atoms with E-state index in [4.69, 9.17) is 9.47 Å². The summed E-state index contributed by atoms with van der Waals surface area (Å²) < 4.78 is 11.2. The van der Waals surface area contributed by atoms with Gasteiger partial charge in [-0.25, -0.2) is 0 Å². The molecule has 2 rings (SSSR count). The first kappa shape index (κ1) is 15.6. The molecule has 1 N–H and O–H groups in total. The minimum Gasteiger partial charge on any atom is -0.489 e. The summed E-state index contributed by atoms with van der Waals surface area (Å²) >= 11 is 0. The Bertz CT molecular complexity index is 519. The van der Waals surface area contributed by atoms with Crippen LogP contribution >= 0.6 is 0 Å². The van der Waals surface area contributed by atoms with Crippen LogP contribution in [0.1, 0.15) is 37.0 Å². The van der Waals surface area contributed by atoms with Crippen LogP contribution in [-0.4, -0.2) is 31.3 Å². The van der Waals surface area contributed by atoms with Crippen LogP contribution < -0.4 is 10.1 Å². The summed E-state index contributed by atoms with van der Waals surface area (Å²) in [4.78, 5) is 12.2. The largest absolute Gasteiger partial charge is 0.489 e. The molecular weight excluding hydrogens is 266 g/mol. The number of amides is 1. The Balaban J connectivity index is 1.92. The zero-order valence-corrected chi connectivity index (χ0v) is 12.8. The van der Waals surface area contributed by atoms with E-state index in [1.54, 1.807) is 12.1 Å². The second-order valence-corrected chi connectivity index (χ2v) is 5.86. The molecule has 1 aliphatic rings. The topological polar surface area (TPSA) is 47.6 Å². The van der Waals surface area contributed by atoms with E-state index < -0.39 is 0 Å². The third kappa shape index (κ3) is 4.60. The van der Waals surface area contributed by atoms with E-state index in [0.717, 1.165) is 25.0 Å². The van der Waals surface area contributed by atoms with Crippen molar-refractivity contribution in [1.29, 1.82) is 0 Å². The Kier molecular flexibility index (Phi) is 5.02. The molecule has 1 heterocycles. The first-order valence-corrected chi connectivity index (χ1v) is 7.28. The SMILES string of the molecule is C=C(C)COc1cccc(C(=O)NC[C@@]2(C)CCCO2)c1. The first-order valence-electron chi connectivity index (χ1n) is 7.28. The molecule has 0 aromatic heterocycles. The molecule has 0 saturated carbocycles. The number of benzene rings is 1. The van der Waals surface area contributed by atoms with Crippen molar-refractivity contribution in [3.8, 4) is 5.75 Å². The number of hydrogen-bond acceptors (Lipinski definition) is 3. The monoisotopic (exact) mass is 289 g/mol. The van der Waals surface area contributed by atoms with Crippen LogP contribution in [0.4, 0.5) is 0 Å². The average Bonchev–Trinajstić information content (AvgIpc) is 2.90. The lowest BCUT2D eigenvalue weighted by molar-refractivity contribution is 0.0206. The molecule has 1 aromatic rings. The lowest BCUT2D eigenvalue weighted by atomic mass is 10.0. The highest BCUT2D eigenvalue weighted by atomic mass is 16.5. The number of rotatable bonds is 6. The lowest BCUT2D eigenvalue weighted by Gasteiger charge is -2.23. The van der Waals surface area contributed by atoms with Gasteiger partial charge in [0.1, 0.15) is 12.4 Å². The van der Waals surface area contributed by atoms with Crippen molar-refractivity contribution < 1.29 is 14.3 Å². The van der Waals surface area contributed by atoms with Crippen LogP contribution in [0.15, 0.2) is 36.4 Å². The van der Waals surface area contributed by atoms with Crippen molar-refractivity contribution in [1.82, 2.24) is 5.32 Å². The average molecular weight is 289 g/mol. The number of carbonyl (C=O) groups is 1. The van der Waals surface area contributed by atoms with E-state index in [1.807, 2.05) is 26.0 Å². The van der Waals surface area contributed by atoms with Gasteiger partial charge in [-0.2, -0.15) is 0 Å². The summed E-state index contributed by atoms with van der Waals surface area (Å²) in [7, 11) is 0. The molecule has 1 aromatic carbocycles. The molecule has 4 nitrogen and oxygen atoms in total. The Morgan fingerprint density at radius 3 is 3.00 bits per heavy atom. The smallest absolute Gasteiger partial charge is 0.251 e. The van der Waals surface area contributed by atoms with Crippen molar-refractivity contribution in [2.45, 2.75) is 32.3 Å². The van der Waals surface area contributed by atoms with Crippen LogP contribution in [0.3, 0.4) is 0 Å². The van der Waals surface area contributed by atoms with Crippen molar-refractivity contribution in [2.24, 2.45) is 0 Å². The highest BCUT2D eigenvalue weighted by molar-refractivity contribution is 5.94. The Morgan fingerprint density at radius 2 is 2.33 bits per heavy atom. The molecule has 1 saturated heterocycles. The van der Waals surface area contributed by atoms with Gasteiger partial charge in [-0.05, 0) is 50.5 Å². The molecule has 0 aliphatic carbocycles. The highest BCUT2D eigenvalue weighted by Gasteiger charge is 2.30. The highest BCUT2D eigenvalue weighted by Crippen LogP contribution is 2.24. The predicted octanol–water partition coefficient (Wildman–Crippen LogP) is 2.94. The van der Waals surface area contributed by atoms with Gasteiger partial charge in [0, 0.05) is 18.7 Å². The maximum atomic E-state index is 12.2. The molecule has 1 amide bonds. The number of nitrogens with one attached hydrogen (secondary N) is 1. The van der Waals surface area contributed by atoms with Gasteiger partial charge in [0.25, 0.3) is 5.91 Å². The van der Waals surface area contributed by atoms with Crippen LogP contribution in [0.5, 0.6) is 5.75 Å². The fourth-order valence-electron chi connectivity index (χ4n) is 2.28. The zero-order chi connectivity index (χ0) is 15.3. The fraction of sp³-hybridized carbons (Fsp3) is 0.471. The number of ether oxygens (including phenoxy) is 2. The molecule has 21 heavy (non-hydrogen) atoms. The maximum absolute atomic E-state index is 12.2. The molecule has 114 valence electrons. The van der Waals surface area contributed by atoms with E-state index in [2.05, 4.69) is 11.9 Å². The minimum atomic E-state index is -0.232. The third-order valence-electron chi connectivity index (χ3n) is 3.50. The number of hydrogen-bond donors (Lipinski definition) is 1. The van der Waals surface area contributed by atoms with Crippen LogP contribution in [0, 0.1) is 0 Å². The van der Waals surface area contributed by atoms with Gasteiger partial charge >= 0.3 is 0 Å². The quantitative estimate of drug-likeness (QED) is 0.819. The Hall–Kier alpha value is -1.81. The second kappa shape index (κ2) is 6.76. The van der Waals surface area contributed by atoms with Gasteiger partial charge in [0.2, 0.25) is 0 Å². The van der Waals surface area contributed by atoms with Crippen molar-refractivity contribution in [2.75, 3.05) is 19.8 Å². The molecule has 4 heteroatoms. The van der Waals surface area contributed by atoms with Crippen molar-refractivity contribution >= 4 is 5.91 Å². The summed E-state index contributed by atoms with van der Waals surface area (Å²) in [5, 5.41) is 2.94. The van der Waals surface area contributed by atoms with Gasteiger partial charge in [0.05, 0.1) is 5.60 Å². The standard InChI is InChI=1S/C17H23NO3/c1-13(2)11-20-15-7-4-6-14(10-15)16(19)18-12-17(3)8-5-9-21-17/h4,6-7,10H,1,5,8-9,11-12H2,2-3H3,(H,18,19)/t17-/m1/s1. The fourth-order valence-corrected chi connectivity index (χ4v) is 2.28. The Morgan fingerprint density at radius 1 is 1.52 bits per heavy atom. The molecule has 0 radical (unpaired) electrons. The van der Waals surface area contributed by atoms with Gasteiger partial charge < -0.3 is 14.8 Å². The molecule has 0 spiro atoms. The van der Waals surface area contributed by atoms with Gasteiger partial charge in [-0.15, -0.1) is 0 Å². The summed E-state index contributed by atoms with van der Waals surface area (Å²) in [5.41, 5.74) is 1.30. The molecule has 1 aliphatic heterocycles. The van der Waals surface area contributed by atoms with Crippen LogP contribution in [0.25, 0.3) is 0 Å². The summed E-state index contributed by atoms with van der Waals surface area (Å²) in [6.45, 7) is 9.49. The van der Waals surface area contributed by atoms with Gasteiger partial charge in [-0.3, -0.25) is 4.79 Å². The normalized spacial score (nSPS) is 21.0. The summed E-state index contributed by atoms with van der Waals surface area (Å²) in [6.07, 6.45) is 2.03.